The largest absolute Gasteiger partial charge is 0.375 e. The van der Waals surface area contributed by atoms with Gasteiger partial charge in [-0.05, 0) is 24.5 Å². The van der Waals surface area contributed by atoms with E-state index >= 15 is 0 Å². The Morgan fingerprint density at radius 3 is 2.65 bits per heavy atom. The predicted molar refractivity (Wildman–Crippen MR) is 82.6 cm³/mol. The molecule has 1 aromatic heterocycles. The van der Waals surface area contributed by atoms with E-state index in [1.165, 1.54) is 16.9 Å². The average molecular weight is 289 g/mol. The highest BCUT2D eigenvalue weighted by Gasteiger charge is 2.11. The Labute approximate surface area is 123 Å². The van der Waals surface area contributed by atoms with Crippen molar-refractivity contribution in [2.45, 2.75) is 32.7 Å². The van der Waals surface area contributed by atoms with Crippen LogP contribution in [-0.4, -0.2) is 10.9 Å². The summed E-state index contributed by atoms with van der Waals surface area (Å²) in [5.41, 5.74) is 8.67. The molecule has 3 N–H and O–H groups in total. The highest BCUT2D eigenvalue weighted by Crippen LogP contribution is 2.15. The minimum Gasteiger partial charge on any atom is -0.375 e. The second-order valence-corrected chi connectivity index (χ2v) is 5.63. The molecule has 0 aliphatic carbocycles. The molecule has 4 nitrogen and oxygen atoms in total. The lowest BCUT2D eigenvalue weighted by Gasteiger charge is -2.14. The van der Waals surface area contributed by atoms with Gasteiger partial charge in [-0.2, -0.15) is 0 Å². The topological polar surface area (TPSA) is 68.0 Å². The van der Waals surface area contributed by atoms with E-state index in [-0.39, 0.29) is 18.4 Å². The zero-order valence-electron chi connectivity index (χ0n) is 11.7. The van der Waals surface area contributed by atoms with Crippen LogP contribution in [0.5, 0.6) is 0 Å². The summed E-state index contributed by atoms with van der Waals surface area (Å²) in [5, 5.41) is 5.29. The molecule has 2 aromatic rings. The molecule has 1 amide bonds. The van der Waals surface area contributed by atoms with Gasteiger partial charge in [-0.15, -0.1) is 11.3 Å². The lowest BCUT2D eigenvalue weighted by atomic mass is 10.0. The zero-order chi connectivity index (χ0) is 14.5. The van der Waals surface area contributed by atoms with E-state index in [0.29, 0.717) is 5.13 Å². The third kappa shape index (κ3) is 3.81. The van der Waals surface area contributed by atoms with Gasteiger partial charge in [0, 0.05) is 5.38 Å². The molecule has 0 aliphatic heterocycles. The highest BCUT2D eigenvalue weighted by atomic mass is 32.1. The van der Waals surface area contributed by atoms with E-state index in [1.54, 1.807) is 0 Å². The quantitative estimate of drug-likeness (QED) is 0.889. The number of nitrogens with one attached hydrogen (secondary N) is 1. The van der Waals surface area contributed by atoms with Gasteiger partial charge in [-0.3, -0.25) is 4.79 Å². The second-order valence-electron chi connectivity index (χ2n) is 4.74. The minimum absolute atomic E-state index is 0.00983. The number of benzene rings is 1. The fraction of sp³-hybridized carbons (Fsp3) is 0.333. The summed E-state index contributed by atoms with van der Waals surface area (Å²) >= 11 is 1.35. The van der Waals surface area contributed by atoms with Crippen molar-refractivity contribution in [2.24, 2.45) is 0 Å². The maximum absolute atomic E-state index is 11.9. The van der Waals surface area contributed by atoms with E-state index in [9.17, 15) is 4.79 Å². The van der Waals surface area contributed by atoms with Gasteiger partial charge in [0.1, 0.15) is 0 Å². The number of carbonyl (C=O) groups excluding carboxylic acids is 1. The lowest BCUT2D eigenvalue weighted by Crippen LogP contribution is -2.28. The van der Waals surface area contributed by atoms with Crippen molar-refractivity contribution in [1.82, 2.24) is 10.3 Å². The smallest absolute Gasteiger partial charge is 0.226 e. The number of carbonyl (C=O) groups is 1. The number of nitrogens with two attached hydrogens (primary N) is 1. The molecule has 0 radical (unpaired) electrons. The van der Waals surface area contributed by atoms with Gasteiger partial charge in [0.2, 0.25) is 5.91 Å². The molecule has 106 valence electrons. The van der Waals surface area contributed by atoms with Crippen LogP contribution < -0.4 is 11.1 Å². The molecule has 20 heavy (non-hydrogen) atoms. The Hall–Kier alpha value is -1.88. The molecule has 0 aliphatic rings. The number of hydrogen-bond acceptors (Lipinski definition) is 4. The van der Waals surface area contributed by atoms with E-state index in [0.717, 1.165) is 17.7 Å². The molecule has 1 unspecified atom stereocenters. The van der Waals surface area contributed by atoms with E-state index in [2.05, 4.69) is 41.5 Å². The van der Waals surface area contributed by atoms with E-state index in [4.69, 9.17) is 5.73 Å². The van der Waals surface area contributed by atoms with Crippen LogP contribution in [0, 0.1) is 0 Å². The second kappa shape index (κ2) is 6.52. The van der Waals surface area contributed by atoms with Gasteiger partial charge < -0.3 is 11.1 Å². The Bertz CT molecular complexity index is 577. The Morgan fingerprint density at radius 2 is 2.10 bits per heavy atom. The molecule has 0 fully saturated rings. The molecule has 2 rings (SSSR count). The standard InChI is InChI=1S/C15H19N3OS/c1-3-11-4-6-12(7-5-11)10(2)17-14(19)8-13-9-20-15(16)18-13/h4-7,9-10H,3,8H2,1-2H3,(H2,16,18)(H,17,19). The average Bonchev–Trinajstić information content (AvgIpc) is 2.84. The van der Waals surface area contributed by atoms with Crippen molar-refractivity contribution in [1.29, 1.82) is 0 Å². The first-order valence-corrected chi connectivity index (χ1v) is 7.54. The first-order chi connectivity index (χ1) is 9.58. The molecule has 0 bridgehead atoms. The molecule has 1 heterocycles. The predicted octanol–water partition coefficient (Wildman–Crippen LogP) is 2.71. The molecule has 0 saturated heterocycles. The van der Waals surface area contributed by atoms with Crippen LogP contribution >= 0.6 is 11.3 Å². The lowest BCUT2D eigenvalue weighted by molar-refractivity contribution is -0.121. The summed E-state index contributed by atoms with van der Waals surface area (Å²) in [5.74, 6) is -0.0395. The molecule has 0 spiro atoms. The number of thiazole rings is 1. The number of rotatable bonds is 5. The minimum atomic E-state index is -0.0395. The molecule has 1 aromatic carbocycles. The van der Waals surface area contributed by atoms with Crippen LogP contribution in [0.1, 0.15) is 36.7 Å². The van der Waals surface area contributed by atoms with Crippen molar-refractivity contribution in [3.63, 3.8) is 0 Å². The highest BCUT2D eigenvalue weighted by molar-refractivity contribution is 7.13. The Morgan fingerprint density at radius 1 is 1.40 bits per heavy atom. The number of amides is 1. The molecular weight excluding hydrogens is 270 g/mol. The maximum Gasteiger partial charge on any atom is 0.226 e. The van der Waals surface area contributed by atoms with Crippen LogP contribution in [0.2, 0.25) is 0 Å². The summed E-state index contributed by atoms with van der Waals surface area (Å²) in [4.78, 5) is 16.0. The molecule has 1 atom stereocenters. The molecule has 5 heteroatoms. The number of nitrogen functional groups attached to an aromatic ring is 1. The fourth-order valence-corrected chi connectivity index (χ4v) is 2.55. The van der Waals surface area contributed by atoms with Gasteiger partial charge in [0.25, 0.3) is 0 Å². The Kier molecular flexibility index (Phi) is 4.74. The third-order valence-electron chi connectivity index (χ3n) is 3.18. The first kappa shape index (κ1) is 14.5. The number of hydrogen-bond donors (Lipinski definition) is 2. The summed E-state index contributed by atoms with van der Waals surface area (Å²) in [6.07, 6.45) is 1.29. The van der Waals surface area contributed by atoms with Crippen LogP contribution in [0.4, 0.5) is 5.13 Å². The SMILES string of the molecule is CCc1ccc(C(C)NC(=O)Cc2csc(N)n2)cc1. The summed E-state index contributed by atoms with van der Waals surface area (Å²) in [7, 11) is 0. The van der Waals surface area contributed by atoms with Crippen LogP contribution in [0.25, 0.3) is 0 Å². The monoisotopic (exact) mass is 289 g/mol. The summed E-state index contributed by atoms with van der Waals surface area (Å²) in [6.45, 7) is 4.11. The van der Waals surface area contributed by atoms with Crippen LogP contribution in [0.3, 0.4) is 0 Å². The maximum atomic E-state index is 11.9. The van der Waals surface area contributed by atoms with Gasteiger partial charge in [-0.25, -0.2) is 4.98 Å². The molecule has 0 saturated carbocycles. The molecular formula is C15H19N3OS. The fourth-order valence-electron chi connectivity index (χ4n) is 1.99. The van der Waals surface area contributed by atoms with E-state index < -0.39 is 0 Å². The normalized spacial score (nSPS) is 12.1. The van der Waals surface area contributed by atoms with Crippen molar-refractivity contribution >= 4 is 22.4 Å². The zero-order valence-corrected chi connectivity index (χ0v) is 12.5. The number of aromatic nitrogens is 1. The van der Waals surface area contributed by atoms with Crippen molar-refractivity contribution in [2.75, 3.05) is 5.73 Å². The van der Waals surface area contributed by atoms with Crippen molar-refractivity contribution in [3.8, 4) is 0 Å². The van der Waals surface area contributed by atoms with Gasteiger partial charge in [0.05, 0.1) is 18.2 Å². The summed E-state index contributed by atoms with van der Waals surface area (Å²) in [6, 6.07) is 8.30. The van der Waals surface area contributed by atoms with Gasteiger partial charge in [-0.1, -0.05) is 31.2 Å². The van der Waals surface area contributed by atoms with Crippen molar-refractivity contribution in [3.05, 3.63) is 46.5 Å². The van der Waals surface area contributed by atoms with Gasteiger partial charge >= 0.3 is 0 Å². The van der Waals surface area contributed by atoms with Crippen molar-refractivity contribution < 1.29 is 4.79 Å². The van der Waals surface area contributed by atoms with Gasteiger partial charge in [0.15, 0.2) is 5.13 Å². The van der Waals surface area contributed by atoms with Crippen LogP contribution in [-0.2, 0) is 17.6 Å². The summed E-state index contributed by atoms with van der Waals surface area (Å²) < 4.78 is 0. The van der Waals surface area contributed by atoms with E-state index in [1.807, 2.05) is 12.3 Å². The Balaban J connectivity index is 1.92. The van der Waals surface area contributed by atoms with Crippen LogP contribution in [0.15, 0.2) is 29.6 Å². The number of nitrogens with zero attached hydrogens (tertiary/aromatic N) is 1. The third-order valence-corrected chi connectivity index (χ3v) is 3.90. The number of anilines is 1. The number of aryl methyl sites for hydroxylation is 1. The first-order valence-electron chi connectivity index (χ1n) is 6.66.